The summed E-state index contributed by atoms with van der Waals surface area (Å²) in [6.45, 7) is 1.96. The van der Waals surface area contributed by atoms with Crippen molar-refractivity contribution in [2.24, 2.45) is 10.8 Å². The maximum absolute atomic E-state index is 5.36. The normalized spacial score (nSPS) is 14.9. The lowest BCUT2D eigenvalue weighted by molar-refractivity contribution is 0.977. The fraction of sp³-hybridized carbons (Fsp3) is 0.231. The summed E-state index contributed by atoms with van der Waals surface area (Å²) in [5.41, 5.74) is 12.7. The smallest absolute Gasteiger partial charge is 0.184 e. The van der Waals surface area contributed by atoms with Crippen molar-refractivity contribution in [3.63, 3.8) is 0 Å². The molecular formula is C13H15N3S. The van der Waals surface area contributed by atoms with E-state index in [9.17, 15) is 0 Å². The van der Waals surface area contributed by atoms with Gasteiger partial charge >= 0.3 is 0 Å². The topological polar surface area (TPSA) is 50.4 Å². The number of hydrogen-bond donors (Lipinski definition) is 2. The molecule has 1 aromatic carbocycles. The predicted octanol–water partition coefficient (Wildman–Crippen LogP) is 2.23. The lowest BCUT2D eigenvalue weighted by Crippen LogP contribution is -2.25. The van der Waals surface area contributed by atoms with Gasteiger partial charge < -0.3 is 5.73 Å². The number of rotatable bonds is 2. The molecule has 3 N–H and O–H groups in total. The minimum Gasteiger partial charge on any atom is -0.375 e. The van der Waals surface area contributed by atoms with Gasteiger partial charge in [-0.25, -0.2) is 0 Å². The molecule has 2 rings (SSSR count). The van der Waals surface area contributed by atoms with Crippen LogP contribution in [0.25, 0.3) is 5.57 Å². The molecule has 4 heteroatoms. The Labute approximate surface area is 106 Å². The van der Waals surface area contributed by atoms with Gasteiger partial charge in [0.15, 0.2) is 5.11 Å². The number of nitrogens with two attached hydrogens (primary N) is 1. The summed E-state index contributed by atoms with van der Waals surface area (Å²) in [5.74, 6) is 0. The molecule has 0 radical (unpaired) electrons. The third-order valence-electron chi connectivity index (χ3n) is 2.79. The lowest BCUT2D eigenvalue weighted by atomic mass is 9.89. The Bertz CT molecular complexity index is 503. The van der Waals surface area contributed by atoms with Crippen LogP contribution in [0.2, 0.25) is 0 Å². The number of benzene rings is 1. The van der Waals surface area contributed by atoms with Crippen molar-refractivity contribution >= 4 is 28.6 Å². The van der Waals surface area contributed by atoms with Crippen molar-refractivity contribution in [1.82, 2.24) is 5.43 Å². The van der Waals surface area contributed by atoms with Gasteiger partial charge in [0.1, 0.15) is 0 Å². The van der Waals surface area contributed by atoms with Gasteiger partial charge in [0.05, 0.1) is 5.71 Å². The largest absolute Gasteiger partial charge is 0.375 e. The zero-order valence-corrected chi connectivity index (χ0v) is 10.6. The van der Waals surface area contributed by atoms with Crippen molar-refractivity contribution in [1.29, 1.82) is 0 Å². The Morgan fingerprint density at radius 3 is 2.94 bits per heavy atom. The summed E-state index contributed by atoms with van der Waals surface area (Å²) >= 11 is 4.73. The summed E-state index contributed by atoms with van der Waals surface area (Å²) in [6, 6.07) is 8.41. The molecule has 0 aromatic heterocycles. The van der Waals surface area contributed by atoms with Crippen molar-refractivity contribution in [3.05, 3.63) is 41.5 Å². The molecule has 0 bridgehead atoms. The second kappa shape index (κ2) is 5.10. The Kier molecular flexibility index (Phi) is 3.54. The number of hydrogen-bond acceptors (Lipinski definition) is 2. The highest BCUT2D eigenvalue weighted by Gasteiger charge is 2.13. The van der Waals surface area contributed by atoms with Gasteiger partial charge in [-0.2, -0.15) is 5.10 Å². The van der Waals surface area contributed by atoms with Gasteiger partial charge in [-0.05, 0) is 43.1 Å². The van der Waals surface area contributed by atoms with E-state index in [0.29, 0.717) is 0 Å². The van der Waals surface area contributed by atoms with Crippen LogP contribution in [0.15, 0.2) is 35.4 Å². The lowest BCUT2D eigenvalue weighted by Gasteiger charge is -2.17. The Balaban J connectivity index is 2.30. The third kappa shape index (κ3) is 2.71. The zero-order valence-electron chi connectivity index (χ0n) is 9.73. The molecule has 0 amide bonds. The first-order chi connectivity index (χ1) is 8.18. The maximum atomic E-state index is 5.36. The van der Waals surface area contributed by atoms with Crippen LogP contribution in [0, 0.1) is 0 Å². The van der Waals surface area contributed by atoms with Gasteiger partial charge in [0, 0.05) is 5.57 Å². The first-order valence-corrected chi connectivity index (χ1v) is 5.98. The van der Waals surface area contributed by atoms with Crippen molar-refractivity contribution in [3.8, 4) is 0 Å². The minimum absolute atomic E-state index is 0.189. The molecule has 0 fully saturated rings. The summed E-state index contributed by atoms with van der Waals surface area (Å²) < 4.78 is 0. The quantitative estimate of drug-likeness (QED) is 0.477. The first kappa shape index (κ1) is 11.8. The number of thiocarbonyl (C=S) groups is 1. The predicted molar refractivity (Wildman–Crippen MR) is 75.8 cm³/mol. The fourth-order valence-electron chi connectivity index (χ4n) is 2.02. The second-order valence-corrected chi connectivity index (χ2v) is 4.43. The van der Waals surface area contributed by atoms with Crippen molar-refractivity contribution < 1.29 is 0 Å². The maximum Gasteiger partial charge on any atom is 0.184 e. The summed E-state index contributed by atoms with van der Waals surface area (Å²) in [5, 5.41) is 4.37. The number of aryl methyl sites for hydroxylation is 1. The molecule has 88 valence electrons. The van der Waals surface area contributed by atoms with Gasteiger partial charge in [-0.3, -0.25) is 5.43 Å². The highest BCUT2D eigenvalue weighted by atomic mass is 32.1. The number of allylic oxidation sites excluding steroid dienone is 2. The molecule has 0 aliphatic heterocycles. The van der Waals surface area contributed by atoms with E-state index in [0.717, 1.165) is 24.1 Å². The third-order valence-corrected chi connectivity index (χ3v) is 2.88. The number of hydrazone groups is 1. The summed E-state index contributed by atoms with van der Waals surface area (Å²) in [7, 11) is 0. The number of nitrogens with one attached hydrogen (secondary N) is 1. The monoisotopic (exact) mass is 245 g/mol. The number of fused-ring (bicyclic) bond motifs is 1. The Morgan fingerprint density at radius 2 is 2.18 bits per heavy atom. The SMILES string of the molecule is C/C(=N\NC(N)=S)C1=CCCc2ccccc21. The Morgan fingerprint density at radius 1 is 1.41 bits per heavy atom. The van der Waals surface area contributed by atoms with E-state index < -0.39 is 0 Å². The summed E-state index contributed by atoms with van der Waals surface area (Å²) in [4.78, 5) is 0. The molecule has 17 heavy (non-hydrogen) atoms. The van der Waals surface area contributed by atoms with E-state index in [-0.39, 0.29) is 5.11 Å². The van der Waals surface area contributed by atoms with Gasteiger partial charge in [-0.1, -0.05) is 30.3 Å². The summed E-state index contributed by atoms with van der Waals surface area (Å²) in [6.07, 6.45) is 4.35. The van der Waals surface area contributed by atoms with Gasteiger partial charge in [0.25, 0.3) is 0 Å². The molecule has 0 unspecified atom stereocenters. The van der Waals surface area contributed by atoms with E-state index in [1.165, 1.54) is 11.1 Å². The van der Waals surface area contributed by atoms with Crippen LogP contribution in [0.4, 0.5) is 0 Å². The van der Waals surface area contributed by atoms with E-state index in [1.54, 1.807) is 0 Å². The standard InChI is InChI=1S/C13H15N3S/c1-9(15-16-13(14)17)11-8-4-6-10-5-2-3-7-12(10)11/h2-3,5,7-8H,4,6H2,1H3,(H3,14,16,17)/b15-9+. The molecule has 0 spiro atoms. The minimum atomic E-state index is 0.189. The molecule has 0 saturated carbocycles. The van der Waals surface area contributed by atoms with Gasteiger partial charge in [0.2, 0.25) is 0 Å². The van der Waals surface area contributed by atoms with Crippen LogP contribution >= 0.6 is 12.2 Å². The highest BCUT2D eigenvalue weighted by molar-refractivity contribution is 7.80. The van der Waals surface area contributed by atoms with Crippen LogP contribution in [0.3, 0.4) is 0 Å². The average Bonchev–Trinajstić information content (AvgIpc) is 2.35. The molecular weight excluding hydrogens is 230 g/mol. The average molecular weight is 245 g/mol. The van der Waals surface area contributed by atoms with Crippen molar-refractivity contribution in [2.75, 3.05) is 0 Å². The van der Waals surface area contributed by atoms with E-state index in [2.05, 4.69) is 34.8 Å². The fourth-order valence-corrected chi connectivity index (χ4v) is 2.07. The zero-order chi connectivity index (χ0) is 12.3. The molecule has 1 aliphatic carbocycles. The molecule has 0 saturated heterocycles. The van der Waals surface area contributed by atoms with Crippen LogP contribution in [0.5, 0.6) is 0 Å². The van der Waals surface area contributed by atoms with Gasteiger partial charge in [-0.15, -0.1) is 0 Å². The molecule has 1 aliphatic rings. The molecule has 1 aromatic rings. The van der Waals surface area contributed by atoms with E-state index >= 15 is 0 Å². The molecule has 0 atom stereocenters. The van der Waals surface area contributed by atoms with Crippen LogP contribution in [-0.4, -0.2) is 10.8 Å². The number of nitrogens with zero attached hydrogens (tertiary/aromatic N) is 1. The van der Waals surface area contributed by atoms with Crippen LogP contribution < -0.4 is 11.2 Å². The first-order valence-electron chi connectivity index (χ1n) is 5.57. The molecule has 0 heterocycles. The second-order valence-electron chi connectivity index (χ2n) is 3.99. The van der Waals surface area contributed by atoms with Crippen LogP contribution in [-0.2, 0) is 6.42 Å². The highest BCUT2D eigenvalue weighted by Crippen LogP contribution is 2.26. The Hall–Kier alpha value is -1.68. The van der Waals surface area contributed by atoms with E-state index in [4.69, 9.17) is 18.0 Å². The van der Waals surface area contributed by atoms with E-state index in [1.807, 2.05) is 13.0 Å². The van der Waals surface area contributed by atoms with Crippen molar-refractivity contribution in [2.45, 2.75) is 19.8 Å². The van der Waals surface area contributed by atoms with Crippen LogP contribution in [0.1, 0.15) is 24.5 Å². The molecule has 3 nitrogen and oxygen atoms in total.